The number of fused-ring (bicyclic) bond motifs is 1. The van der Waals surface area contributed by atoms with Crippen LogP contribution in [0.1, 0.15) is 15.5 Å². The first-order valence-corrected chi connectivity index (χ1v) is 9.76. The highest BCUT2D eigenvalue weighted by Crippen LogP contribution is 2.24. The van der Waals surface area contributed by atoms with Crippen molar-refractivity contribution in [3.8, 4) is 0 Å². The third-order valence-corrected chi connectivity index (χ3v) is 5.58. The van der Waals surface area contributed by atoms with E-state index >= 15 is 0 Å². The van der Waals surface area contributed by atoms with E-state index in [-0.39, 0.29) is 16.6 Å². The lowest BCUT2D eigenvalue weighted by Gasteiger charge is -2.27. The predicted molar refractivity (Wildman–Crippen MR) is 105 cm³/mol. The number of morpholine rings is 1. The van der Waals surface area contributed by atoms with Crippen molar-refractivity contribution in [3.63, 3.8) is 0 Å². The number of anilines is 1. The zero-order valence-electron chi connectivity index (χ0n) is 14.8. The molecule has 3 aromatic rings. The lowest BCUT2D eigenvalue weighted by molar-refractivity contribution is 0.0779. The Morgan fingerprint density at radius 1 is 1.30 bits per heavy atom. The normalized spacial score (nSPS) is 14.5. The van der Waals surface area contributed by atoms with Crippen LogP contribution in [0.2, 0.25) is 5.02 Å². The molecular formula is C18H18ClN5O2S. The van der Waals surface area contributed by atoms with Crippen LogP contribution in [0.25, 0.3) is 10.2 Å². The smallest absolute Gasteiger partial charge is 0.274 e. The second-order valence-corrected chi connectivity index (χ2v) is 7.72. The quantitative estimate of drug-likeness (QED) is 0.667. The van der Waals surface area contributed by atoms with Crippen LogP contribution in [0.5, 0.6) is 0 Å². The van der Waals surface area contributed by atoms with Crippen molar-refractivity contribution in [2.45, 2.75) is 6.54 Å². The Morgan fingerprint density at radius 3 is 2.85 bits per heavy atom. The Hall–Kier alpha value is -2.29. The molecule has 1 amide bonds. The lowest BCUT2D eigenvalue weighted by atomic mass is 10.3. The predicted octanol–water partition coefficient (Wildman–Crippen LogP) is 2.85. The molecule has 3 heterocycles. The van der Waals surface area contributed by atoms with Gasteiger partial charge in [-0.3, -0.25) is 4.79 Å². The monoisotopic (exact) mass is 403 g/mol. The number of thiazole rings is 1. The fourth-order valence-electron chi connectivity index (χ4n) is 2.87. The van der Waals surface area contributed by atoms with Crippen molar-refractivity contribution in [2.24, 2.45) is 0 Å². The SMILES string of the molecule is CN(Cc1nc2ccccc2s1)C(=O)c1nc(N2CCOCC2)ncc1Cl. The first-order chi connectivity index (χ1) is 13.1. The van der Waals surface area contributed by atoms with Crippen molar-refractivity contribution in [2.75, 3.05) is 38.3 Å². The topological polar surface area (TPSA) is 71.5 Å². The number of benzene rings is 1. The highest BCUT2D eigenvalue weighted by Gasteiger charge is 2.22. The number of halogens is 1. The van der Waals surface area contributed by atoms with Gasteiger partial charge in [0.1, 0.15) is 5.01 Å². The first-order valence-electron chi connectivity index (χ1n) is 8.57. The molecule has 4 rings (SSSR count). The van der Waals surface area contributed by atoms with Crippen LogP contribution in [-0.4, -0.2) is 59.1 Å². The average molecular weight is 404 g/mol. The molecule has 1 aliphatic rings. The summed E-state index contributed by atoms with van der Waals surface area (Å²) in [5.74, 6) is 0.246. The number of aromatic nitrogens is 3. The van der Waals surface area contributed by atoms with Crippen LogP contribution in [0.3, 0.4) is 0 Å². The standard InChI is InChI=1S/C18H18ClN5O2S/c1-23(11-15-21-13-4-2-3-5-14(13)27-15)17(25)16-12(19)10-20-18(22-16)24-6-8-26-9-7-24/h2-5,10H,6-9,11H2,1H3. The van der Waals surface area contributed by atoms with Crippen molar-refractivity contribution < 1.29 is 9.53 Å². The van der Waals surface area contributed by atoms with Gasteiger partial charge in [0.05, 0.1) is 41.2 Å². The molecule has 0 radical (unpaired) electrons. The molecule has 0 spiro atoms. The number of hydrogen-bond acceptors (Lipinski definition) is 7. The van der Waals surface area contributed by atoms with Crippen LogP contribution in [0.15, 0.2) is 30.5 Å². The zero-order chi connectivity index (χ0) is 18.8. The molecule has 0 aliphatic carbocycles. The van der Waals surface area contributed by atoms with E-state index in [9.17, 15) is 4.79 Å². The number of ether oxygens (including phenoxy) is 1. The zero-order valence-corrected chi connectivity index (χ0v) is 16.3. The molecule has 140 valence electrons. The molecule has 1 fully saturated rings. The lowest BCUT2D eigenvalue weighted by Crippen LogP contribution is -2.38. The van der Waals surface area contributed by atoms with Crippen LogP contribution in [0.4, 0.5) is 5.95 Å². The summed E-state index contributed by atoms with van der Waals surface area (Å²) >= 11 is 7.79. The number of rotatable bonds is 4. The molecule has 2 aromatic heterocycles. The molecule has 0 atom stereocenters. The Balaban J connectivity index is 1.53. The summed E-state index contributed by atoms with van der Waals surface area (Å²) < 4.78 is 6.45. The third kappa shape index (κ3) is 3.87. The minimum atomic E-state index is -0.254. The number of carbonyl (C=O) groups excluding carboxylic acids is 1. The average Bonchev–Trinajstić information content (AvgIpc) is 3.10. The Kier molecular flexibility index (Phi) is 5.20. The minimum Gasteiger partial charge on any atom is -0.378 e. The number of para-hydroxylation sites is 1. The Morgan fingerprint density at radius 2 is 2.07 bits per heavy atom. The van der Waals surface area contributed by atoms with Gasteiger partial charge in [0.15, 0.2) is 5.69 Å². The number of carbonyl (C=O) groups is 1. The van der Waals surface area contributed by atoms with Gasteiger partial charge in [-0.05, 0) is 12.1 Å². The third-order valence-electron chi connectivity index (χ3n) is 4.29. The van der Waals surface area contributed by atoms with Gasteiger partial charge in [0, 0.05) is 20.1 Å². The van der Waals surface area contributed by atoms with E-state index in [0.29, 0.717) is 38.8 Å². The van der Waals surface area contributed by atoms with E-state index in [2.05, 4.69) is 15.0 Å². The maximum atomic E-state index is 12.9. The highest BCUT2D eigenvalue weighted by atomic mass is 35.5. The van der Waals surface area contributed by atoms with E-state index in [0.717, 1.165) is 15.2 Å². The van der Waals surface area contributed by atoms with Gasteiger partial charge in [0.2, 0.25) is 5.95 Å². The number of hydrogen-bond donors (Lipinski definition) is 0. The van der Waals surface area contributed by atoms with Gasteiger partial charge in [-0.1, -0.05) is 23.7 Å². The van der Waals surface area contributed by atoms with Gasteiger partial charge < -0.3 is 14.5 Å². The summed E-state index contributed by atoms with van der Waals surface area (Å²) in [6.07, 6.45) is 1.48. The van der Waals surface area contributed by atoms with E-state index < -0.39 is 0 Å². The summed E-state index contributed by atoms with van der Waals surface area (Å²) in [5.41, 5.74) is 1.14. The summed E-state index contributed by atoms with van der Waals surface area (Å²) in [6, 6.07) is 7.92. The Bertz CT molecular complexity index is 940. The number of amides is 1. The van der Waals surface area contributed by atoms with Crippen molar-refractivity contribution in [1.29, 1.82) is 0 Å². The van der Waals surface area contributed by atoms with Crippen LogP contribution in [0, 0.1) is 0 Å². The molecule has 7 nitrogen and oxygen atoms in total. The van der Waals surface area contributed by atoms with Crippen molar-refractivity contribution >= 4 is 45.0 Å². The summed E-state index contributed by atoms with van der Waals surface area (Å²) in [6.45, 7) is 3.01. The second kappa shape index (κ2) is 7.75. The van der Waals surface area contributed by atoms with Gasteiger partial charge >= 0.3 is 0 Å². The molecule has 0 bridgehead atoms. The van der Waals surface area contributed by atoms with E-state index in [1.807, 2.05) is 29.2 Å². The summed E-state index contributed by atoms with van der Waals surface area (Å²) in [5, 5.41) is 1.11. The largest absolute Gasteiger partial charge is 0.378 e. The maximum Gasteiger partial charge on any atom is 0.274 e. The van der Waals surface area contributed by atoms with Gasteiger partial charge in [-0.2, -0.15) is 0 Å². The van der Waals surface area contributed by atoms with Crippen molar-refractivity contribution in [3.05, 3.63) is 46.2 Å². The van der Waals surface area contributed by atoms with Crippen LogP contribution >= 0.6 is 22.9 Å². The molecule has 1 saturated heterocycles. The first kappa shape index (κ1) is 18.1. The van der Waals surface area contributed by atoms with E-state index in [1.54, 1.807) is 23.3 Å². The van der Waals surface area contributed by atoms with Gasteiger partial charge in [0.25, 0.3) is 5.91 Å². The molecule has 1 aromatic carbocycles. The summed E-state index contributed by atoms with van der Waals surface area (Å²) in [7, 11) is 1.72. The summed E-state index contributed by atoms with van der Waals surface area (Å²) in [4.78, 5) is 29.7. The molecular weight excluding hydrogens is 386 g/mol. The second-order valence-electron chi connectivity index (χ2n) is 6.20. The van der Waals surface area contributed by atoms with Gasteiger partial charge in [-0.15, -0.1) is 11.3 Å². The van der Waals surface area contributed by atoms with E-state index in [4.69, 9.17) is 16.3 Å². The van der Waals surface area contributed by atoms with Gasteiger partial charge in [-0.25, -0.2) is 15.0 Å². The minimum absolute atomic E-state index is 0.205. The molecule has 27 heavy (non-hydrogen) atoms. The molecule has 0 N–H and O–H groups in total. The fraction of sp³-hybridized carbons (Fsp3) is 0.333. The van der Waals surface area contributed by atoms with Crippen LogP contribution in [-0.2, 0) is 11.3 Å². The molecule has 0 saturated carbocycles. The van der Waals surface area contributed by atoms with Crippen LogP contribution < -0.4 is 4.90 Å². The molecule has 1 aliphatic heterocycles. The van der Waals surface area contributed by atoms with E-state index in [1.165, 1.54) is 6.20 Å². The highest BCUT2D eigenvalue weighted by molar-refractivity contribution is 7.18. The number of nitrogens with zero attached hydrogens (tertiary/aromatic N) is 5. The molecule has 0 unspecified atom stereocenters. The Labute approximate surface area is 165 Å². The molecule has 9 heteroatoms. The van der Waals surface area contributed by atoms with Crippen molar-refractivity contribution in [1.82, 2.24) is 19.9 Å². The maximum absolute atomic E-state index is 12.9. The fourth-order valence-corrected chi connectivity index (χ4v) is 4.06.